The standard InChI is InChI=1S/C19H31FN2O6/c1-3-5-9-26-13-19(12-20)16(27-10-6-4-2)14(11-23)17(28-19)22-8-7-15(24)21-18(22)25/h7-8,14,16-17,23H,3-6,9-13H2,1-2H3,(H,21,24,25)/t14-,16?,17+,19+/m0/s1. The lowest BCUT2D eigenvalue weighted by atomic mass is 9.91. The molecule has 0 aliphatic carbocycles. The average Bonchev–Trinajstić information content (AvgIpc) is 2.99. The SMILES string of the molecule is CCCCOC[C@@]1(CF)O[C@@H](n2ccc(=O)[nH]c2=O)[C@@H](CO)C1OCCCC. The number of halogens is 1. The molecule has 28 heavy (non-hydrogen) atoms. The molecule has 1 aromatic rings. The fourth-order valence-electron chi connectivity index (χ4n) is 3.39. The molecule has 1 aliphatic heterocycles. The number of aliphatic hydroxyl groups excluding tert-OH is 1. The topological polar surface area (TPSA) is 103 Å². The second kappa shape index (κ2) is 10.8. The molecule has 9 heteroatoms. The number of ether oxygens (including phenoxy) is 3. The van der Waals surface area contributed by atoms with E-state index in [1.54, 1.807) is 0 Å². The summed E-state index contributed by atoms with van der Waals surface area (Å²) in [5.74, 6) is -0.689. The van der Waals surface area contributed by atoms with Crippen molar-refractivity contribution in [3.05, 3.63) is 33.1 Å². The molecule has 0 aromatic carbocycles. The highest BCUT2D eigenvalue weighted by Gasteiger charge is 2.57. The van der Waals surface area contributed by atoms with Crippen LogP contribution < -0.4 is 11.2 Å². The van der Waals surface area contributed by atoms with Crippen LogP contribution in [0, 0.1) is 5.92 Å². The van der Waals surface area contributed by atoms with Crippen molar-refractivity contribution >= 4 is 0 Å². The Bertz CT molecular complexity index is 708. The van der Waals surface area contributed by atoms with Gasteiger partial charge in [-0.3, -0.25) is 14.3 Å². The lowest BCUT2D eigenvalue weighted by molar-refractivity contribution is -0.160. The quantitative estimate of drug-likeness (QED) is 0.512. The van der Waals surface area contributed by atoms with Gasteiger partial charge in [0.05, 0.1) is 19.1 Å². The van der Waals surface area contributed by atoms with Crippen molar-refractivity contribution in [3.8, 4) is 0 Å². The van der Waals surface area contributed by atoms with Crippen LogP contribution >= 0.6 is 0 Å². The van der Waals surface area contributed by atoms with E-state index in [0.717, 1.165) is 30.3 Å². The summed E-state index contributed by atoms with van der Waals surface area (Å²) in [6.07, 6.45) is 2.95. The van der Waals surface area contributed by atoms with E-state index < -0.39 is 41.8 Å². The Labute approximate surface area is 163 Å². The van der Waals surface area contributed by atoms with E-state index in [2.05, 4.69) is 4.98 Å². The van der Waals surface area contributed by atoms with Gasteiger partial charge >= 0.3 is 5.69 Å². The fraction of sp³-hybridized carbons (Fsp3) is 0.789. The lowest BCUT2D eigenvalue weighted by Gasteiger charge is -2.32. The number of aromatic amines is 1. The lowest BCUT2D eigenvalue weighted by Crippen LogP contribution is -2.50. The first-order valence-electron chi connectivity index (χ1n) is 9.88. The molecule has 1 unspecified atom stereocenters. The van der Waals surface area contributed by atoms with Crippen LogP contribution in [0.5, 0.6) is 0 Å². The van der Waals surface area contributed by atoms with Gasteiger partial charge in [-0.2, -0.15) is 0 Å². The van der Waals surface area contributed by atoms with Gasteiger partial charge in [0.15, 0.2) is 0 Å². The zero-order chi connectivity index (χ0) is 20.6. The Morgan fingerprint density at radius 1 is 1.29 bits per heavy atom. The second-order valence-corrected chi connectivity index (χ2v) is 7.12. The van der Waals surface area contributed by atoms with Crippen LogP contribution in [-0.2, 0) is 14.2 Å². The number of nitrogens with zero attached hydrogens (tertiary/aromatic N) is 1. The van der Waals surface area contributed by atoms with Gasteiger partial charge in [-0.15, -0.1) is 0 Å². The molecule has 1 fully saturated rings. The third kappa shape index (κ3) is 5.08. The van der Waals surface area contributed by atoms with Crippen molar-refractivity contribution in [1.29, 1.82) is 0 Å². The van der Waals surface area contributed by atoms with Crippen LogP contribution in [0.4, 0.5) is 4.39 Å². The summed E-state index contributed by atoms with van der Waals surface area (Å²) in [5, 5.41) is 10.00. The van der Waals surface area contributed by atoms with Crippen molar-refractivity contribution in [3.63, 3.8) is 0 Å². The monoisotopic (exact) mass is 402 g/mol. The highest BCUT2D eigenvalue weighted by atomic mass is 19.1. The summed E-state index contributed by atoms with van der Waals surface area (Å²) in [6.45, 7) is 3.56. The molecule has 0 radical (unpaired) electrons. The molecule has 2 heterocycles. The molecule has 2 rings (SSSR count). The number of alkyl halides is 1. The maximum atomic E-state index is 14.3. The number of hydrogen-bond acceptors (Lipinski definition) is 6. The van der Waals surface area contributed by atoms with Crippen molar-refractivity contribution in [2.75, 3.05) is 33.1 Å². The minimum absolute atomic E-state index is 0.0502. The molecule has 8 nitrogen and oxygen atoms in total. The largest absolute Gasteiger partial charge is 0.396 e. The average molecular weight is 402 g/mol. The van der Waals surface area contributed by atoms with Crippen LogP contribution in [0.25, 0.3) is 0 Å². The van der Waals surface area contributed by atoms with Gasteiger partial charge in [0, 0.05) is 25.5 Å². The molecule has 4 atom stereocenters. The van der Waals surface area contributed by atoms with Gasteiger partial charge in [0.25, 0.3) is 5.56 Å². The van der Waals surface area contributed by atoms with E-state index in [-0.39, 0.29) is 13.2 Å². The van der Waals surface area contributed by atoms with Gasteiger partial charge in [-0.25, -0.2) is 9.18 Å². The van der Waals surface area contributed by atoms with Crippen LogP contribution in [0.2, 0.25) is 0 Å². The Morgan fingerprint density at radius 2 is 2.00 bits per heavy atom. The zero-order valence-corrected chi connectivity index (χ0v) is 16.6. The fourth-order valence-corrected chi connectivity index (χ4v) is 3.39. The molecule has 1 aromatic heterocycles. The minimum Gasteiger partial charge on any atom is -0.396 e. The van der Waals surface area contributed by atoms with E-state index in [1.165, 1.54) is 12.3 Å². The van der Waals surface area contributed by atoms with Gasteiger partial charge in [0.1, 0.15) is 24.6 Å². The third-order valence-corrected chi connectivity index (χ3v) is 4.98. The Hall–Kier alpha value is -1.55. The Morgan fingerprint density at radius 3 is 2.61 bits per heavy atom. The maximum absolute atomic E-state index is 14.3. The predicted molar refractivity (Wildman–Crippen MR) is 101 cm³/mol. The summed E-state index contributed by atoms with van der Waals surface area (Å²) in [7, 11) is 0. The molecule has 0 bridgehead atoms. The Balaban J connectivity index is 2.34. The van der Waals surface area contributed by atoms with E-state index in [9.17, 15) is 19.1 Å². The molecular formula is C19H31FN2O6. The molecular weight excluding hydrogens is 371 g/mol. The normalized spacial score (nSPS) is 27.4. The maximum Gasteiger partial charge on any atom is 0.330 e. The summed E-state index contributed by atoms with van der Waals surface area (Å²) in [5.41, 5.74) is -2.67. The van der Waals surface area contributed by atoms with Gasteiger partial charge in [-0.1, -0.05) is 26.7 Å². The van der Waals surface area contributed by atoms with Crippen molar-refractivity contribution in [2.45, 2.75) is 57.5 Å². The van der Waals surface area contributed by atoms with E-state index >= 15 is 0 Å². The highest BCUT2D eigenvalue weighted by molar-refractivity contribution is 5.03. The van der Waals surface area contributed by atoms with E-state index in [0.29, 0.717) is 13.2 Å². The van der Waals surface area contributed by atoms with Crippen LogP contribution in [-0.4, -0.2) is 59.5 Å². The van der Waals surface area contributed by atoms with E-state index in [1.807, 2.05) is 13.8 Å². The van der Waals surface area contributed by atoms with Crippen LogP contribution in [0.3, 0.4) is 0 Å². The molecule has 0 saturated carbocycles. The summed E-state index contributed by atoms with van der Waals surface area (Å²) < 4.78 is 33.0. The van der Waals surface area contributed by atoms with Gasteiger partial charge in [-0.05, 0) is 12.8 Å². The number of H-pyrrole nitrogens is 1. The summed E-state index contributed by atoms with van der Waals surface area (Å²) in [6, 6.07) is 1.18. The second-order valence-electron chi connectivity index (χ2n) is 7.12. The molecule has 0 spiro atoms. The molecule has 2 N–H and O–H groups in total. The van der Waals surface area contributed by atoms with Crippen molar-refractivity contribution in [2.24, 2.45) is 5.92 Å². The van der Waals surface area contributed by atoms with Gasteiger partial charge in [0.2, 0.25) is 0 Å². The molecule has 160 valence electrons. The number of aliphatic hydroxyl groups is 1. The summed E-state index contributed by atoms with van der Waals surface area (Å²) >= 11 is 0. The number of nitrogens with one attached hydrogen (secondary N) is 1. The smallest absolute Gasteiger partial charge is 0.330 e. The summed E-state index contributed by atoms with van der Waals surface area (Å²) in [4.78, 5) is 25.8. The first-order chi connectivity index (χ1) is 13.5. The van der Waals surface area contributed by atoms with Crippen LogP contribution in [0.1, 0.15) is 45.8 Å². The minimum atomic E-state index is -1.44. The molecule has 1 aliphatic rings. The molecule has 1 saturated heterocycles. The zero-order valence-electron chi connectivity index (χ0n) is 16.6. The third-order valence-electron chi connectivity index (χ3n) is 4.98. The predicted octanol–water partition coefficient (Wildman–Crippen LogP) is 1.38. The first-order valence-corrected chi connectivity index (χ1v) is 9.88. The number of aromatic nitrogens is 2. The Kier molecular flexibility index (Phi) is 8.81. The van der Waals surface area contributed by atoms with Crippen LogP contribution in [0.15, 0.2) is 21.9 Å². The van der Waals surface area contributed by atoms with Crippen molar-refractivity contribution < 1.29 is 23.7 Å². The van der Waals surface area contributed by atoms with Crippen molar-refractivity contribution in [1.82, 2.24) is 9.55 Å². The number of hydrogen-bond donors (Lipinski definition) is 2. The first kappa shape index (κ1) is 22.7. The number of rotatable bonds is 12. The van der Waals surface area contributed by atoms with E-state index in [4.69, 9.17) is 14.2 Å². The number of unbranched alkanes of at least 4 members (excludes halogenated alkanes) is 2. The molecule has 0 amide bonds. The highest BCUT2D eigenvalue weighted by Crippen LogP contribution is 2.43. The van der Waals surface area contributed by atoms with Gasteiger partial charge < -0.3 is 19.3 Å².